The summed E-state index contributed by atoms with van der Waals surface area (Å²) in [4.78, 5) is 0. The van der Waals surface area contributed by atoms with Crippen LogP contribution in [-0.4, -0.2) is 55.5 Å². The Kier molecular flexibility index (Phi) is 11.7. The van der Waals surface area contributed by atoms with Crippen molar-refractivity contribution in [1.82, 2.24) is 0 Å². The van der Waals surface area contributed by atoms with Crippen molar-refractivity contribution in [3.8, 4) is 0 Å². The Morgan fingerprint density at radius 2 is 1.60 bits per heavy atom. The molecule has 3 fully saturated rings. The lowest BCUT2D eigenvalue weighted by Gasteiger charge is -2.45. The first-order chi connectivity index (χ1) is 18.7. The van der Waals surface area contributed by atoms with Gasteiger partial charge in [-0.1, -0.05) is 56.9 Å². The van der Waals surface area contributed by atoms with E-state index in [1.165, 1.54) is 31.3 Å². The molecule has 230 valence electrons. The van der Waals surface area contributed by atoms with Gasteiger partial charge in [-0.15, -0.1) is 0 Å². The quantitative estimate of drug-likeness (QED) is 0.174. The number of aliphatic hydroxyl groups excluding tert-OH is 3. The van der Waals surface area contributed by atoms with E-state index >= 15 is 0 Å². The molecule has 0 heterocycles. The zero-order chi connectivity index (χ0) is 29.7. The molecular weight excluding hydrogens is 500 g/mol. The standard InChI is InChI=1S/C35H60O5/c1-24-27(23-31(37)28(32(24)38)14-10-22-36)16-15-26-13-9-21-35(6)29(17-18-30(26)35)25(11-7-19-33(2,3)39)12-8-20-34(4,5)40/h15-16,25,28-32,36-40H,1,7-14,17-23H2,2-6H3/b26-15-,27-16+/t28-,29+,30?,31+,32+,35+/m0/s1. The Bertz CT molecular complexity index is 870. The highest BCUT2D eigenvalue weighted by Crippen LogP contribution is 2.60. The van der Waals surface area contributed by atoms with E-state index in [1.54, 1.807) is 0 Å². The molecule has 5 N–H and O–H groups in total. The number of allylic oxidation sites excluding steroid dienone is 3. The van der Waals surface area contributed by atoms with Gasteiger partial charge in [-0.05, 0) is 126 Å². The van der Waals surface area contributed by atoms with Crippen LogP contribution in [0.15, 0.2) is 35.5 Å². The minimum absolute atomic E-state index is 0.0675. The molecule has 0 amide bonds. The average molecular weight is 561 g/mol. The van der Waals surface area contributed by atoms with Gasteiger partial charge in [0, 0.05) is 12.5 Å². The second-order valence-electron chi connectivity index (χ2n) is 15.0. The van der Waals surface area contributed by atoms with Gasteiger partial charge in [-0.25, -0.2) is 0 Å². The molecule has 6 atom stereocenters. The molecule has 3 saturated carbocycles. The smallest absolute Gasteiger partial charge is 0.0839 e. The van der Waals surface area contributed by atoms with Crippen molar-refractivity contribution in [1.29, 1.82) is 0 Å². The second-order valence-corrected chi connectivity index (χ2v) is 15.0. The fraction of sp³-hybridized carbons (Fsp3) is 0.829. The molecule has 0 aromatic carbocycles. The summed E-state index contributed by atoms with van der Waals surface area (Å²) in [5, 5.41) is 51.4. The summed E-state index contributed by atoms with van der Waals surface area (Å²) in [6.07, 6.45) is 16.7. The Balaban J connectivity index is 1.76. The highest BCUT2D eigenvalue weighted by molar-refractivity contribution is 5.39. The number of fused-ring (bicyclic) bond motifs is 1. The monoisotopic (exact) mass is 560 g/mol. The highest BCUT2D eigenvalue weighted by Gasteiger charge is 2.51. The van der Waals surface area contributed by atoms with E-state index in [0.29, 0.717) is 42.6 Å². The van der Waals surface area contributed by atoms with Gasteiger partial charge in [0.2, 0.25) is 0 Å². The average Bonchev–Trinajstić information content (AvgIpc) is 3.20. The minimum atomic E-state index is -0.763. The maximum absolute atomic E-state index is 10.8. The molecule has 5 heteroatoms. The van der Waals surface area contributed by atoms with E-state index in [0.717, 1.165) is 50.5 Å². The third-order valence-corrected chi connectivity index (χ3v) is 10.6. The molecule has 0 spiro atoms. The Labute approximate surface area is 244 Å². The van der Waals surface area contributed by atoms with Crippen LogP contribution in [-0.2, 0) is 0 Å². The molecule has 0 aliphatic heterocycles. The summed E-state index contributed by atoms with van der Waals surface area (Å²) >= 11 is 0. The number of hydrogen-bond acceptors (Lipinski definition) is 5. The summed E-state index contributed by atoms with van der Waals surface area (Å²) in [5.41, 5.74) is 2.18. The molecule has 1 unspecified atom stereocenters. The van der Waals surface area contributed by atoms with E-state index < -0.39 is 23.4 Å². The van der Waals surface area contributed by atoms with Gasteiger partial charge in [0.25, 0.3) is 0 Å². The van der Waals surface area contributed by atoms with Crippen LogP contribution in [0.4, 0.5) is 0 Å². The van der Waals surface area contributed by atoms with Crippen LogP contribution in [0.5, 0.6) is 0 Å². The first-order valence-electron chi connectivity index (χ1n) is 16.2. The van der Waals surface area contributed by atoms with Crippen LogP contribution >= 0.6 is 0 Å². The topological polar surface area (TPSA) is 101 Å². The van der Waals surface area contributed by atoms with E-state index in [9.17, 15) is 25.5 Å². The molecule has 0 aromatic heterocycles. The first-order valence-corrected chi connectivity index (χ1v) is 16.2. The SMILES string of the molecule is C=C1/C(=C/C=C2/CCC[C@@]3(C)C2CC[C@@H]3C(CCCC(C)(C)O)CCCC(C)(C)O)C[C@@H](O)[C@H](CCCO)[C@@H]1O. The molecule has 0 aromatic rings. The molecule has 40 heavy (non-hydrogen) atoms. The zero-order valence-electron chi connectivity index (χ0n) is 26.2. The molecule has 0 saturated heterocycles. The number of rotatable bonds is 13. The largest absolute Gasteiger partial charge is 0.396 e. The van der Waals surface area contributed by atoms with Gasteiger partial charge in [0.15, 0.2) is 0 Å². The number of aliphatic hydroxyl groups is 5. The maximum Gasteiger partial charge on any atom is 0.0839 e. The van der Waals surface area contributed by atoms with Gasteiger partial charge < -0.3 is 25.5 Å². The van der Waals surface area contributed by atoms with Crippen LogP contribution in [0.1, 0.15) is 125 Å². The zero-order valence-corrected chi connectivity index (χ0v) is 26.2. The molecular formula is C35H60O5. The third-order valence-electron chi connectivity index (χ3n) is 10.6. The summed E-state index contributed by atoms with van der Waals surface area (Å²) in [6, 6.07) is 0. The summed E-state index contributed by atoms with van der Waals surface area (Å²) in [5.74, 6) is 1.55. The van der Waals surface area contributed by atoms with Crippen molar-refractivity contribution in [2.75, 3.05) is 6.61 Å². The predicted octanol–water partition coefficient (Wildman–Crippen LogP) is 6.62. The van der Waals surface area contributed by atoms with E-state index in [1.807, 2.05) is 27.7 Å². The lowest BCUT2D eigenvalue weighted by Crippen LogP contribution is -2.38. The maximum atomic E-state index is 10.8. The van der Waals surface area contributed by atoms with Crippen molar-refractivity contribution in [2.24, 2.45) is 29.1 Å². The lowest BCUT2D eigenvalue weighted by atomic mass is 9.60. The van der Waals surface area contributed by atoms with Crippen molar-refractivity contribution >= 4 is 0 Å². The molecule has 0 radical (unpaired) electrons. The fourth-order valence-electron chi connectivity index (χ4n) is 8.42. The molecule has 0 bridgehead atoms. The summed E-state index contributed by atoms with van der Waals surface area (Å²) in [6.45, 7) is 14.4. The molecule has 3 rings (SSSR count). The Hall–Kier alpha value is -0.980. The molecule has 3 aliphatic rings. The summed E-state index contributed by atoms with van der Waals surface area (Å²) < 4.78 is 0. The van der Waals surface area contributed by atoms with Crippen molar-refractivity contribution in [2.45, 2.75) is 148 Å². The van der Waals surface area contributed by atoms with Crippen LogP contribution < -0.4 is 0 Å². The second kappa shape index (κ2) is 14.0. The van der Waals surface area contributed by atoms with Crippen molar-refractivity contribution in [3.05, 3.63) is 35.5 Å². The Morgan fingerprint density at radius 1 is 0.975 bits per heavy atom. The fourth-order valence-corrected chi connectivity index (χ4v) is 8.42. The van der Waals surface area contributed by atoms with Gasteiger partial charge in [0.05, 0.1) is 23.4 Å². The van der Waals surface area contributed by atoms with Gasteiger partial charge in [-0.3, -0.25) is 0 Å². The highest BCUT2D eigenvalue weighted by atomic mass is 16.3. The third kappa shape index (κ3) is 8.77. The van der Waals surface area contributed by atoms with Crippen LogP contribution in [0.25, 0.3) is 0 Å². The normalized spacial score (nSPS) is 33.8. The van der Waals surface area contributed by atoms with Gasteiger partial charge >= 0.3 is 0 Å². The van der Waals surface area contributed by atoms with Crippen LogP contribution in [0.3, 0.4) is 0 Å². The molecule has 5 nitrogen and oxygen atoms in total. The number of hydrogen-bond donors (Lipinski definition) is 5. The van der Waals surface area contributed by atoms with Crippen LogP contribution in [0.2, 0.25) is 0 Å². The van der Waals surface area contributed by atoms with Crippen molar-refractivity contribution in [3.63, 3.8) is 0 Å². The molecule has 3 aliphatic carbocycles. The van der Waals surface area contributed by atoms with Crippen LogP contribution in [0, 0.1) is 29.1 Å². The van der Waals surface area contributed by atoms with E-state index in [-0.39, 0.29) is 17.9 Å². The summed E-state index contributed by atoms with van der Waals surface area (Å²) in [7, 11) is 0. The first kappa shape index (κ1) is 33.5. The van der Waals surface area contributed by atoms with Gasteiger partial charge in [0.1, 0.15) is 0 Å². The predicted molar refractivity (Wildman–Crippen MR) is 164 cm³/mol. The lowest BCUT2D eigenvalue weighted by molar-refractivity contribution is 0.0112. The van der Waals surface area contributed by atoms with Gasteiger partial charge in [-0.2, -0.15) is 0 Å². The van der Waals surface area contributed by atoms with E-state index in [4.69, 9.17) is 0 Å². The minimum Gasteiger partial charge on any atom is -0.396 e. The van der Waals surface area contributed by atoms with Crippen molar-refractivity contribution < 1.29 is 25.5 Å². The van der Waals surface area contributed by atoms with E-state index in [2.05, 4.69) is 25.7 Å². The Morgan fingerprint density at radius 3 is 2.17 bits per heavy atom.